The Balaban J connectivity index is 1.72. The average molecular weight is 398 g/mol. The van der Waals surface area contributed by atoms with Gasteiger partial charge in [-0.3, -0.25) is 14.9 Å². The van der Waals surface area contributed by atoms with Crippen LogP contribution in [-0.4, -0.2) is 59.5 Å². The van der Waals surface area contributed by atoms with Crippen LogP contribution >= 0.6 is 0 Å². The zero-order chi connectivity index (χ0) is 20.8. The first-order valence-electron chi connectivity index (χ1n) is 9.31. The van der Waals surface area contributed by atoms with Crippen molar-refractivity contribution in [3.8, 4) is 0 Å². The molecule has 0 aromatic heterocycles. The molecule has 2 aromatic rings. The van der Waals surface area contributed by atoms with Crippen LogP contribution in [-0.2, 0) is 4.74 Å². The number of nitrogens with zero attached hydrogens (tertiary/aromatic N) is 3. The molecule has 9 nitrogen and oxygen atoms in total. The third-order valence-corrected chi connectivity index (χ3v) is 4.59. The standard InChI is InChI=1S/C20H22N4O5/c1-2-29-20(26)23-12-10-22(11-13-23)19(25)15-8-9-17(18(14-15)24(27)28)21-16-6-4-3-5-7-16/h3-9,14,21H,2,10-13H2,1H3. The van der Waals surface area contributed by atoms with Gasteiger partial charge < -0.3 is 19.9 Å². The van der Waals surface area contributed by atoms with Crippen LogP contribution in [0.25, 0.3) is 0 Å². The summed E-state index contributed by atoms with van der Waals surface area (Å²) in [6.07, 6.45) is -0.397. The van der Waals surface area contributed by atoms with E-state index in [1.54, 1.807) is 34.9 Å². The maximum absolute atomic E-state index is 12.8. The van der Waals surface area contributed by atoms with E-state index < -0.39 is 11.0 Å². The molecular formula is C20H22N4O5. The van der Waals surface area contributed by atoms with Crippen molar-refractivity contribution in [2.24, 2.45) is 0 Å². The van der Waals surface area contributed by atoms with Gasteiger partial charge in [-0.25, -0.2) is 4.79 Å². The van der Waals surface area contributed by atoms with Crippen molar-refractivity contribution in [1.29, 1.82) is 0 Å². The number of anilines is 2. The second-order valence-electron chi connectivity index (χ2n) is 6.46. The highest BCUT2D eigenvalue weighted by atomic mass is 16.6. The number of ether oxygens (including phenoxy) is 1. The molecule has 0 unspecified atom stereocenters. The molecule has 2 amide bonds. The number of carbonyl (C=O) groups is 2. The fourth-order valence-electron chi connectivity index (χ4n) is 3.09. The van der Waals surface area contributed by atoms with Crippen LogP contribution in [0.15, 0.2) is 48.5 Å². The molecule has 9 heteroatoms. The maximum Gasteiger partial charge on any atom is 0.409 e. The zero-order valence-electron chi connectivity index (χ0n) is 16.0. The van der Waals surface area contributed by atoms with Gasteiger partial charge in [0, 0.05) is 43.5 Å². The molecule has 2 aromatic carbocycles. The molecular weight excluding hydrogens is 376 g/mol. The topological polar surface area (TPSA) is 105 Å². The van der Waals surface area contributed by atoms with Crippen LogP contribution < -0.4 is 5.32 Å². The van der Waals surface area contributed by atoms with E-state index in [9.17, 15) is 19.7 Å². The van der Waals surface area contributed by atoms with Crippen molar-refractivity contribution in [2.45, 2.75) is 6.92 Å². The third-order valence-electron chi connectivity index (χ3n) is 4.59. The van der Waals surface area contributed by atoms with E-state index in [2.05, 4.69) is 5.32 Å². The number of nitro benzene ring substituents is 1. The summed E-state index contributed by atoms with van der Waals surface area (Å²) < 4.78 is 4.97. The van der Waals surface area contributed by atoms with Crippen molar-refractivity contribution >= 4 is 29.1 Å². The molecule has 0 spiro atoms. The minimum atomic E-state index is -0.513. The highest BCUT2D eigenvalue weighted by molar-refractivity contribution is 5.96. The molecule has 152 valence electrons. The third kappa shape index (κ3) is 4.81. The smallest absolute Gasteiger partial charge is 0.409 e. The van der Waals surface area contributed by atoms with Crippen LogP contribution in [0, 0.1) is 10.1 Å². The Morgan fingerprint density at radius 3 is 2.34 bits per heavy atom. The number of nitrogens with one attached hydrogen (secondary N) is 1. The van der Waals surface area contributed by atoms with Gasteiger partial charge in [-0.05, 0) is 31.2 Å². The van der Waals surface area contributed by atoms with E-state index in [0.29, 0.717) is 44.2 Å². The molecule has 1 heterocycles. The molecule has 1 saturated heterocycles. The predicted octanol–water partition coefficient (Wildman–Crippen LogP) is 3.25. The number of carbonyl (C=O) groups excluding carboxylic acids is 2. The van der Waals surface area contributed by atoms with E-state index in [4.69, 9.17) is 4.74 Å². The van der Waals surface area contributed by atoms with Crippen molar-refractivity contribution in [3.63, 3.8) is 0 Å². The summed E-state index contributed by atoms with van der Waals surface area (Å²) in [6, 6.07) is 13.5. The molecule has 0 bridgehead atoms. The second-order valence-corrected chi connectivity index (χ2v) is 6.46. The largest absolute Gasteiger partial charge is 0.450 e. The number of para-hydroxylation sites is 1. The molecule has 3 rings (SSSR count). The fourth-order valence-corrected chi connectivity index (χ4v) is 3.09. The monoisotopic (exact) mass is 398 g/mol. The van der Waals surface area contributed by atoms with Crippen molar-refractivity contribution in [3.05, 3.63) is 64.2 Å². The van der Waals surface area contributed by atoms with E-state index >= 15 is 0 Å². The van der Waals surface area contributed by atoms with Crippen LogP contribution in [0.3, 0.4) is 0 Å². The van der Waals surface area contributed by atoms with Crippen molar-refractivity contribution < 1.29 is 19.2 Å². The van der Waals surface area contributed by atoms with Gasteiger partial charge in [-0.2, -0.15) is 0 Å². The molecule has 1 aliphatic rings. The number of hydrogen-bond donors (Lipinski definition) is 1. The first-order chi connectivity index (χ1) is 14.0. The fraction of sp³-hybridized carbons (Fsp3) is 0.300. The van der Waals surface area contributed by atoms with Crippen molar-refractivity contribution in [1.82, 2.24) is 9.80 Å². The summed E-state index contributed by atoms with van der Waals surface area (Å²) in [4.78, 5) is 38.7. The molecule has 1 N–H and O–H groups in total. The Morgan fingerprint density at radius 1 is 1.07 bits per heavy atom. The second kappa shape index (κ2) is 9.05. The molecule has 1 fully saturated rings. The Morgan fingerprint density at radius 2 is 1.72 bits per heavy atom. The van der Waals surface area contributed by atoms with Gasteiger partial charge in [0.25, 0.3) is 11.6 Å². The van der Waals surface area contributed by atoms with E-state index in [1.807, 2.05) is 18.2 Å². The Bertz CT molecular complexity index is 895. The molecule has 0 saturated carbocycles. The van der Waals surface area contributed by atoms with Gasteiger partial charge in [0.15, 0.2) is 0 Å². The highest BCUT2D eigenvalue weighted by Gasteiger charge is 2.27. The lowest BCUT2D eigenvalue weighted by molar-refractivity contribution is -0.383. The summed E-state index contributed by atoms with van der Waals surface area (Å²) in [7, 11) is 0. The highest BCUT2D eigenvalue weighted by Crippen LogP contribution is 2.29. The normalized spacial score (nSPS) is 13.7. The van der Waals surface area contributed by atoms with Crippen LogP contribution in [0.2, 0.25) is 0 Å². The number of rotatable bonds is 5. The Kier molecular flexibility index (Phi) is 6.28. The summed E-state index contributed by atoms with van der Waals surface area (Å²) >= 11 is 0. The van der Waals surface area contributed by atoms with Gasteiger partial charge in [-0.1, -0.05) is 18.2 Å². The predicted molar refractivity (Wildman–Crippen MR) is 107 cm³/mol. The first kappa shape index (κ1) is 20.1. The number of benzene rings is 2. The number of piperazine rings is 1. The van der Waals surface area contributed by atoms with Gasteiger partial charge in [0.05, 0.1) is 11.5 Å². The lowest BCUT2D eigenvalue weighted by Crippen LogP contribution is -2.50. The number of amides is 2. The summed E-state index contributed by atoms with van der Waals surface area (Å²) in [5, 5.41) is 14.5. The molecule has 1 aliphatic heterocycles. The Hall–Kier alpha value is -3.62. The number of nitro groups is 1. The van der Waals surface area contributed by atoms with Gasteiger partial charge in [0.1, 0.15) is 5.69 Å². The summed E-state index contributed by atoms with van der Waals surface area (Å²) in [5.74, 6) is -0.303. The first-order valence-corrected chi connectivity index (χ1v) is 9.31. The van der Waals surface area contributed by atoms with Crippen LogP contribution in [0.1, 0.15) is 17.3 Å². The molecule has 0 aliphatic carbocycles. The minimum Gasteiger partial charge on any atom is -0.450 e. The van der Waals surface area contributed by atoms with Gasteiger partial charge >= 0.3 is 6.09 Å². The van der Waals surface area contributed by atoms with Gasteiger partial charge in [0.2, 0.25) is 0 Å². The number of hydrogen-bond acceptors (Lipinski definition) is 6. The minimum absolute atomic E-state index is 0.176. The average Bonchev–Trinajstić information content (AvgIpc) is 2.74. The molecule has 0 atom stereocenters. The van der Waals surface area contributed by atoms with Gasteiger partial charge in [-0.15, -0.1) is 0 Å². The Labute approximate surface area is 168 Å². The quantitative estimate of drug-likeness (QED) is 0.612. The van der Waals surface area contributed by atoms with Crippen molar-refractivity contribution in [2.75, 3.05) is 38.1 Å². The van der Waals surface area contributed by atoms with Crippen LogP contribution in [0.4, 0.5) is 21.9 Å². The van der Waals surface area contributed by atoms with E-state index in [1.165, 1.54) is 12.1 Å². The summed E-state index contributed by atoms with van der Waals surface area (Å²) in [6.45, 7) is 3.44. The maximum atomic E-state index is 12.8. The van der Waals surface area contributed by atoms with E-state index in [-0.39, 0.29) is 17.2 Å². The summed E-state index contributed by atoms with van der Waals surface area (Å²) in [5.41, 5.74) is 1.08. The lowest BCUT2D eigenvalue weighted by Gasteiger charge is -2.34. The lowest BCUT2D eigenvalue weighted by atomic mass is 10.1. The van der Waals surface area contributed by atoms with E-state index in [0.717, 1.165) is 0 Å². The SMILES string of the molecule is CCOC(=O)N1CCN(C(=O)c2ccc(Nc3ccccc3)c([N+](=O)[O-])c2)CC1. The molecule has 0 radical (unpaired) electrons. The molecule has 29 heavy (non-hydrogen) atoms. The van der Waals surface area contributed by atoms with Crippen LogP contribution in [0.5, 0.6) is 0 Å². The zero-order valence-corrected chi connectivity index (χ0v) is 16.0.